The minimum atomic E-state index is -1.74. The number of hydrogen-bond donors (Lipinski definition) is 1. The van der Waals surface area contributed by atoms with Gasteiger partial charge >= 0.3 is 0 Å². The van der Waals surface area contributed by atoms with Crippen LogP contribution in [0.15, 0.2) is 60.7 Å². The second kappa shape index (κ2) is 5.18. The van der Waals surface area contributed by atoms with Crippen LogP contribution in [0, 0.1) is 0 Å². The van der Waals surface area contributed by atoms with Gasteiger partial charge in [0.25, 0.3) is 0 Å². The Labute approximate surface area is 107 Å². The highest BCUT2D eigenvalue weighted by Gasteiger charge is 2.14. The molecule has 0 fully saturated rings. The summed E-state index contributed by atoms with van der Waals surface area (Å²) < 4.78 is 0. The molecule has 1 atom stereocenters. The Kier molecular flexibility index (Phi) is 3.86. The maximum absolute atomic E-state index is 5.67. The summed E-state index contributed by atoms with van der Waals surface area (Å²) >= 11 is 10.4. The van der Waals surface area contributed by atoms with Gasteiger partial charge in [-0.3, -0.25) is 0 Å². The van der Waals surface area contributed by atoms with Crippen LogP contribution >= 0.6 is 17.5 Å². The quantitative estimate of drug-likeness (QED) is 0.649. The van der Waals surface area contributed by atoms with Crippen molar-refractivity contribution >= 4 is 34.6 Å². The van der Waals surface area contributed by atoms with E-state index >= 15 is 0 Å². The summed E-state index contributed by atoms with van der Waals surface area (Å²) in [6.07, 6.45) is 0.871. The molecule has 0 saturated heterocycles. The molecule has 0 radical (unpaired) electrons. The highest BCUT2D eigenvalue weighted by molar-refractivity contribution is 8.65. The van der Waals surface area contributed by atoms with E-state index in [9.17, 15) is 0 Å². The van der Waals surface area contributed by atoms with Gasteiger partial charge in [-0.25, -0.2) is 0 Å². The Morgan fingerprint density at radius 1 is 0.875 bits per heavy atom. The number of hydrogen-bond acceptors (Lipinski definition) is 1. The van der Waals surface area contributed by atoms with E-state index in [0.717, 1.165) is 6.16 Å². The summed E-state index contributed by atoms with van der Waals surface area (Å²) in [6.45, 7) is 0. The molecule has 0 amide bonds. The first-order chi connectivity index (χ1) is 7.68. The fourth-order valence-electron chi connectivity index (χ4n) is 1.58. The number of rotatable bonds is 3. The molecule has 1 unspecified atom stereocenters. The standard InChI is InChI=1S/C13H13PS2/c15-14(16,13-9-5-2-6-10-13)11-12-7-3-1-4-8-12/h1-10H,11H2,(H,15,16). The van der Waals surface area contributed by atoms with Crippen LogP contribution in [-0.4, -0.2) is 0 Å². The zero-order valence-electron chi connectivity index (χ0n) is 8.78. The molecule has 0 N–H and O–H groups in total. The Balaban J connectivity index is 2.25. The zero-order chi connectivity index (χ0) is 11.4. The Bertz CT molecular complexity index is 494. The summed E-state index contributed by atoms with van der Waals surface area (Å²) in [5.74, 6) is 0. The second-order valence-electron chi connectivity index (χ2n) is 3.68. The fraction of sp³-hybridized carbons (Fsp3) is 0.0769. The molecule has 2 rings (SSSR count). The normalized spacial score (nSPS) is 14.3. The van der Waals surface area contributed by atoms with E-state index in [1.54, 1.807) is 0 Å². The molecule has 0 aromatic heterocycles. The van der Waals surface area contributed by atoms with Crippen LogP contribution < -0.4 is 5.30 Å². The Morgan fingerprint density at radius 3 is 1.94 bits per heavy atom. The predicted octanol–water partition coefficient (Wildman–Crippen LogP) is 3.84. The first kappa shape index (κ1) is 11.9. The molecule has 2 aromatic carbocycles. The van der Waals surface area contributed by atoms with Gasteiger partial charge in [0.2, 0.25) is 0 Å². The SMILES string of the molecule is S=P(S)(Cc1ccccc1)c1ccccc1. The van der Waals surface area contributed by atoms with E-state index < -0.39 is 5.24 Å². The first-order valence-electron chi connectivity index (χ1n) is 5.10. The lowest BCUT2D eigenvalue weighted by molar-refractivity contribution is 1.41. The van der Waals surface area contributed by atoms with Gasteiger partial charge < -0.3 is 0 Å². The van der Waals surface area contributed by atoms with E-state index in [-0.39, 0.29) is 0 Å². The minimum absolute atomic E-state index is 0.871. The molecular weight excluding hydrogens is 251 g/mol. The Hall–Kier alpha value is -0.560. The topological polar surface area (TPSA) is 0 Å². The molecule has 0 aliphatic rings. The molecular formula is C13H13PS2. The minimum Gasteiger partial charge on any atom is -0.136 e. The maximum Gasteiger partial charge on any atom is 0.0350 e. The van der Waals surface area contributed by atoms with Crippen molar-refractivity contribution in [3.8, 4) is 0 Å². The van der Waals surface area contributed by atoms with E-state index in [4.69, 9.17) is 24.1 Å². The summed E-state index contributed by atoms with van der Waals surface area (Å²) in [7, 11) is 0. The third-order valence-electron chi connectivity index (χ3n) is 2.40. The van der Waals surface area contributed by atoms with Gasteiger partial charge in [-0.1, -0.05) is 72.5 Å². The van der Waals surface area contributed by atoms with E-state index in [2.05, 4.69) is 24.3 Å². The average Bonchev–Trinajstić information content (AvgIpc) is 2.31. The van der Waals surface area contributed by atoms with Gasteiger partial charge in [-0.15, -0.1) is 12.2 Å². The van der Waals surface area contributed by atoms with Gasteiger partial charge in [-0.05, 0) is 10.9 Å². The number of thiol groups is 1. The fourth-order valence-corrected chi connectivity index (χ4v) is 4.81. The van der Waals surface area contributed by atoms with Crippen LogP contribution in [0.2, 0.25) is 0 Å². The first-order valence-corrected chi connectivity index (χ1v) is 9.24. The summed E-state index contributed by atoms with van der Waals surface area (Å²) in [4.78, 5) is 0. The summed E-state index contributed by atoms with van der Waals surface area (Å²) in [5.41, 5.74) is 1.27. The lowest BCUT2D eigenvalue weighted by Gasteiger charge is -2.16. The molecule has 0 spiro atoms. The monoisotopic (exact) mass is 264 g/mol. The van der Waals surface area contributed by atoms with Gasteiger partial charge in [-0.2, -0.15) is 0 Å². The third kappa shape index (κ3) is 2.98. The molecule has 0 nitrogen and oxygen atoms in total. The lowest BCUT2D eigenvalue weighted by Crippen LogP contribution is -2.01. The van der Waals surface area contributed by atoms with Crippen LogP contribution in [0.5, 0.6) is 0 Å². The van der Waals surface area contributed by atoms with Gasteiger partial charge in [0.05, 0.1) is 0 Å². The van der Waals surface area contributed by atoms with E-state index in [0.29, 0.717) is 0 Å². The summed E-state index contributed by atoms with van der Waals surface area (Å²) in [5, 5.41) is -0.547. The van der Waals surface area contributed by atoms with Crippen molar-refractivity contribution in [1.82, 2.24) is 0 Å². The van der Waals surface area contributed by atoms with E-state index in [1.807, 2.05) is 36.4 Å². The second-order valence-corrected chi connectivity index (χ2v) is 10.6. The van der Waals surface area contributed by atoms with Gasteiger partial charge in [0.1, 0.15) is 0 Å². The largest absolute Gasteiger partial charge is 0.136 e. The summed E-state index contributed by atoms with van der Waals surface area (Å²) in [6, 6.07) is 20.6. The van der Waals surface area contributed by atoms with Crippen LogP contribution in [0.1, 0.15) is 5.56 Å². The van der Waals surface area contributed by atoms with Crippen LogP contribution in [0.4, 0.5) is 0 Å². The molecule has 0 saturated carbocycles. The van der Waals surface area contributed by atoms with Gasteiger partial charge in [0.15, 0.2) is 0 Å². The molecule has 2 aromatic rings. The van der Waals surface area contributed by atoms with Crippen LogP contribution in [-0.2, 0) is 18.0 Å². The highest BCUT2D eigenvalue weighted by Crippen LogP contribution is 2.52. The number of benzene rings is 2. The molecule has 16 heavy (non-hydrogen) atoms. The third-order valence-corrected chi connectivity index (χ3v) is 6.44. The van der Waals surface area contributed by atoms with Crippen molar-refractivity contribution in [2.45, 2.75) is 6.16 Å². The van der Waals surface area contributed by atoms with Gasteiger partial charge in [0, 0.05) is 11.4 Å². The molecule has 82 valence electrons. The average molecular weight is 264 g/mol. The smallest absolute Gasteiger partial charge is 0.0350 e. The maximum atomic E-state index is 5.67. The molecule has 0 heterocycles. The molecule has 3 heteroatoms. The molecule has 0 aliphatic carbocycles. The lowest BCUT2D eigenvalue weighted by atomic mass is 10.2. The van der Waals surface area contributed by atoms with Crippen molar-refractivity contribution in [1.29, 1.82) is 0 Å². The van der Waals surface area contributed by atoms with Crippen LogP contribution in [0.25, 0.3) is 0 Å². The predicted molar refractivity (Wildman–Crippen MR) is 79.5 cm³/mol. The van der Waals surface area contributed by atoms with Crippen molar-refractivity contribution < 1.29 is 0 Å². The van der Waals surface area contributed by atoms with E-state index in [1.165, 1.54) is 10.9 Å². The molecule has 0 bridgehead atoms. The zero-order valence-corrected chi connectivity index (χ0v) is 11.4. The Morgan fingerprint density at radius 2 is 1.38 bits per heavy atom. The highest BCUT2D eigenvalue weighted by atomic mass is 32.9. The van der Waals surface area contributed by atoms with Crippen molar-refractivity contribution in [2.24, 2.45) is 0 Å². The van der Waals surface area contributed by atoms with Crippen molar-refractivity contribution in [3.05, 3.63) is 66.2 Å². The van der Waals surface area contributed by atoms with Crippen molar-refractivity contribution in [3.63, 3.8) is 0 Å². The van der Waals surface area contributed by atoms with Crippen molar-refractivity contribution in [2.75, 3.05) is 0 Å². The molecule has 0 aliphatic heterocycles. The van der Waals surface area contributed by atoms with Crippen LogP contribution in [0.3, 0.4) is 0 Å².